The highest BCUT2D eigenvalue weighted by atomic mass is 16.5. The first-order valence-electron chi connectivity index (χ1n) is 6.07. The number of carbonyl (C=O) groups is 1. The normalized spacial score (nSPS) is 18.4. The van der Waals surface area contributed by atoms with Gasteiger partial charge < -0.3 is 20.1 Å². The van der Waals surface area contributed by atoms with Crippen LogP contribution in [0, 0.1) is 0 Å². The summed E-state index contributed by atoms with van der Waals surface area (Å²) in [5, 5.41) is 5.56. The Labute approximate surface area is 106 Å². The van der Waals surface area contributed by atoms with Gasteiger partial charge in [0, 0.05) is 18.7 Å². The third-order valence-electron chi connectivity index (χ3n) is 2.85. The number of hydrogen-bond acceptors (Lipinski definition) is 3. The molecule has 1 aromatic rings. The molecule has 0 saturated carbocycles. The summed E-state index contributed by atoms with van der Waals surface area (Å²) in [6, 6.07) is 7.39. The third kappa shape index (κ3) is 3.37. The maximum Gasteiger partial charge on any atom is 0.317 e. The first kappa shape index (κ1) is 12.7. The van der Waals surface area contributed by atoms with Gasteiger partial charge in [-0.05, 0) is 18.9 Å². The van der Waals surface area contributed by atoms with Crippen molar-refractivity contribution in [3.8, 4) is 5.75 Å². The molecule has 2 N–H and O–H groups in total. The van der Waals surface area contributed by atoms with Crippen molar-refractivity contribution in [3.63, 3.8) is 0 Å². The molecule has 1 aliphatic heterocycles. The summed E-state index contributed by atoms with van der Waals surface area (Å²) in [5.41, 5.74) is 0.947. The van der Waals surface area contributed by atoms with Gasteiger partial charge in [0.2, 0.25) is 0 Å². The van der Waals surface area contributed by atoms with E-state index in [0.717, 1.165) is 30.8 Å². The molecule has 2 amide bonds. The van der Waals surface area contributed by atoms with E-state index in [1.807, 2.05) is 24.3 Å². The van der Waals surface area contributed by atoms with Crippen LogP contribution in [0.5, 0.6) is 5.75 Å². The van der Waals surface area contributed by atoms with Gasteiger partial charge in [-0.25, -0.2) is 4.79 Å². The fraction of sp³-hybridized carbons (Fsp3) is 0.462. The number of rotatable bonds is 4. The van der Waals surface area contributed by atoms with Crippen LogP contribution in [0.2, 0.25) is 0 Å². The Morgan fingerprint density at radius 2 is 2.33 bits per heavy atom. The quantitative estimate of drug-likeness (QED) is 0.854. The molecule has 1 unspecified atom stereocenters. The van der Waals surface area contributed by atoms with Gasteiger partial charge in [0.05, 0.1) is 7.11 Å². The van der Waals surface area contributed by atoms with Crippen LogP contribution in [-0.2, 0) is 11.3 Å². The highest BCUT2D eigenvalue weighted by Gasteiger charge is 2.17. The smallest absolute Gasteiger partial charge is 0.317 e. The lowest BCUT2D eigenvalue weighted by Gasteiger charge is -2.13. The standard InChI is InChI=1S/C13H18N2O3/c1-17-11-6-3-2-5-10(11)9-14-13(16)15-12-7-4-8-18-12/h2-3,5-6,12H,4,7-9H2,1H3,(H2,14,15,16). The van der Waals surface area contributed by atoms with E-state index in [-0.39, 0.29) is 12.3 Å². The van der Waals surface area contributed by atoms with E-state index in [9.17, 15) is 4.79 Å². The average molecular weight is 250 g/mol. The number of urea groups is 1. The molecule has 1 aromatic carbocycles. The first-order valence-corrected chi connectivity index (χ1v) is 6.07. The van der Waals surface area contributed by atoms with Gasteiger partial charge in [-0.2, -0.15) is 0 Å². The first-order chi connectivity index (χ1) is 8.79. The minimum Gasteiger partial charge on any atom is -0.496 e. The number of benzene rings is 1. The molecule has 5 heteroatoms. The van der Waals surface area contributed by atoms with Gasteiger partial charge in [0.15, 0.2) is 0 Å². The highest BCUT2D eigenvalue weighted by molar-refractivity contribution is 5.74. The molecule has 1 aliphatic rings. The molecule has 5 nitrogen and oxygen atoms in total. The second kappa shape index (κ2) is 6.26. The zero-order chi connectivity index (χ0) is 12.8. The van der Waals surface area contributed by atoms with Crippen LogP contribution < -0.4 is 15.4 Å². The Hall–Kier alpha value is -1.75. The molecular formula is C13H18N2O3. The van der Waals surface area contributed by atoms with Crippen molar-refractivity contribution in [1.82, 2.24) is 10.6 Å². The summed E-state index contributed by atoms with van der Waals surface area (Å²) in [7, 11) is 1.62. The zero-order valence-corrected chi connectivity index (χ0v) is 10.4. The van der Waals surface area contributed by atoms with Gasteiger partial charge in [-0.1, -0.05) is 18.2 Å². The molecule has 2 rings (SSSR count). The molecule has 98 valence electrons. The van der Waals surface area contributed by atoms with Crippen molar-refractivity contribution >= 4 is 6.03 Å². The topological polar surface area (TPSA) is 59.6 Å². The molecule has 1 saturated heterocycles. The molecule has 0 spiro atoms. The van der Waals surface area contributed by atoms with Gasteiger partial charge in [-0.3, -0.25) is 0 Å². The van der Waals surface area contributed by atoms with Crippen LogP contribution in [0.25, 0.3) is 0 Å². The third-order valence-corrected chi connectivity index (χ3v) is 2.85. The van der Waals surface area contributed by atoms with Crippen molar-refractivity contribution < 1.29 is 14.3 Å². The minimum absolute atomic E-state index is 0.150. The van der Waals surface area contributed by atoms with Gasteiger partial charge in [0.1, 0.15) is 12.0 Å². The predicted molar refractivity (Wildman–Crippen MR) is 67.3 cm³/mol. The highest BCUT2D eigenvalue weighted by Crippen LogP contribution is 2.16. The summed E-state index contributed by atoms with van der Waals surface area (Å²) in [6.45, 7) is 1.15. The lowest BCUT2D eigenvalue weighted by atomic mass is 10.2. The van der Waals surface area contributed by atoms with E-state index in [1.165, 1.54) is 0 Å². The van der Waals surface area contributed by atoms with Crippen LogP contribution in [0.1, 0.15) is 18.4 Å². The Bertz CT molecular complexity index is 403. The van der Waals surface area contributed by atoms with E-state index in [1.54, 1.807) is 7.11 Å². The van der Waals surface area contributed by atoms with E-state index >= 15 is 0 Å². The number of carbonyl (C=O) groups excluding carboxylic acids is 1. The van der Waals surface area contributed by atoms with E-state index in [4.69, 9.17) is 9.47 Å². The van der Waals surface area contributed by atoms with Crippen molar-refractivity contribution in [3.05, 3.63) is 29.8 Å². The summed E-state index contributed by atoms with van der Waals surface area (Å²) in [6.07, 6.45) is 1.72. The molecule has 0 aliphatic carbocycles. The van der Waals surface area contributed by atoms with Crippen LogP contribution in [0.4, 0.5) is 4.79 Å². The number of amides is 2. The lowest BCUT2D eigenvalue weighted by Crippen LogP contribution is -2.41. The fourth-order valence-electron chi connectivity index (χ4n) is 1.91. The second-order valence-corrected chi connectivity index (χ2v) is 4.14. The van der Waals surface area contributed by atoms with Crippen LogP contribution in [0.15, 0.2) is 24.3 Å². The van der Waals surface area contributed by atoms with Crippen LogP contribution in [0.3, 0.4) is 0 Å². The number of para-hydroxylation sites is 1. The number of hydrogen-bond donors (Lipinski definition) is 2. The lowest BCUT2D eigenvalue weighted by molar-refractivity contribution is 0.0907. The molecular weight excluding hydrogens is 232 g/mol. The SMILES string of the molecule is COc1ccccc1CNC(=O)NC1CCCO1. The van der Waals surface area contributed by atoms with Gasteiger partial charge >= 0.3 is 6.03 Å². The Balaban J connectivity index is 1.81. The number of methoxy groups -OCH3 is 1. The Kier molecular flexibility index (Phi) is 4.41. The fourth-order valence-corrected chi connectivity index (χ4v) is 1.91. The molecule has 0 bridgehead atoms. The number of nitrogens with one attached hydrogen (secondary N) is 2. The molecule has 1 fully saturated rings. The molecule has 1 heterocycles. The average Bonchev–Trinajstić information content (AvgIpc) is 2.89. The van der Waals surface area contributed by atoms with Gasteiger partial charge in [-0.15, -0.1) is 0 Å². The van der Waals surface area contributed by atoms with E-state index < -0.39 is 0 Å². The second-order valence-electron chi connectivity index (χ2n) is 4.14. The maximum atomic E-state index is 11.6. The summed E-state index contributed by atoms with van der Waals surface area (Å²) >= 11 is 0. The van der Waals surface area contributed by atoms with E-state index in [0.29, 0.717) is 6.54 Å². The van der Waals surface area contributed by atoms with Crippen molar-refractivity contribution in [1.29, 1.82) is 0 Å². The van der Waals surface area contributed by atoms with Crippen LogP contribution in [-0.4, -0.2) is 26.0 Å². The Morgan fingerprint density at radius 1 is 1.50 bits per heavy atom. The number of ether oxygens (including phenoxy) is 2. The minimum atomic E-state index is -0.215. The summed E-state index contributed by atoms with van der Waals surface area (Å²) < 4.78 is 10.5. The monoisotopic (exact) mass is 250 g/mol. The van der Waals surface area contributed by atoms with Crippen molar-refractivity contribution in [2.75, 3.05) is 13.7 Å². The molecule has 18 heavy (non-hydrogen) atoms. The maximum absolute atomic E-state index is 11.6. The summed E-state index contributed by atoms with van der Waals surface area (Å²) in [4.78, 5) is 11.6. The summed E-state index contributed by atoms with van der Waals surface area (Å²) in [5.74, 6) is 0.773. The van der Waals surface area contributed by atoms with Crippen LogP contribution >= 0.6 is 0 Å². The van der Waals surface area contributed by atoms with Gasteiger partial charge in [0.25, 0.3) is 0 Å². The van der Waals surface area contributed by atoms with E-state index in [2.05, 4.69) is 10.6 Å². The molecule has 0 radical (unpaired) electrons. The molecule has 0 aromatic heterocycles. The largest absolute Gasteiger partial charge is 0.496 e. The Morgan fingerprint density at radius 3 is 3.06 bits per heavy atom. The van der Waals surface area contributed by atoms with Crippen molar-refractivity contribution in [2.24, 2.45) is 0 Å². The predicted octanol–water partition coefficient (Wildman–Crippen LogP) is 1.63. The zero-order valence-electron chi connectivity index (χ0n) is 10.4. The van der Waals surface area contributed by atoms with Crippen molar-refractivity contribution in [2.45, 2.75) is 25.6 Å². The molecule has 1 atom stereocenters.